The number of halogens is 1. The van der Waals surface area contributed by atoms with Gasteiger partial charge in [-0.2, -0.15) is 5.26 Å². The smallest absolute Gasteiger partial charge is 0.132 e. The van der Waals surface area contributed by atoms with Crippen LogP contribution in [0.4, 0.5) is 4.39 Å². The third-order valence-electron chi connectivity index (χ3n) is 4.88. The van der Waals surface area contributed by atoms with E-state index >= 15 is 0 Å². The van der Waals surface area contributed by atoms with Crippen LogP contribution in [-0.2, 0) is 0 Å². The number of rotatable bonds is 3. The van der Waals surface area contributed by atoms with Gasteiger partial charge in [0.05, 0.1) is 11.6 Å². The average molecular weight is 343 g/mol. The maximum atomic E-state index is 14.1. The van der Waals surface area contributed by atoms with Crippen LogP contribution in [0.2, 0.25) is 0 Å². The molecule has 0 amide bonds. The first kappa shape index (κ1) is 18.0. The molecule has 0 saturated heterocycles. The standard InChI is InChI=1S/C24H22FN/c1-2-3-18-4-6-19(7-5-18)8-9-20-10-13-22(14-11-20)23-15-12-21(17-26)16-24(23)25/h6,10-16,18H,2-5,7H2,1H3. The van der Waals surface area contributed by atoms with Crippen LogP contribution in [-0.4, -0.2) is 0 Å². The Morgan fingerprint density at radius 3 is 2.46 bits per heavy atom. The predicted octanol–water partition coefficient (Wildman–Crippen LogP) is 6.24. The molecule has 1 aliphatic carbocycles. The summed E-state index contributed by atoms with van der Waals surface area (Å²) in [5, 5.41) is 8.83. The van der Waals surface area contributed by atoms with E-state index in [0.717, 1.165) is 29.9 Å². The molecule has 0 aliphatic heterocycles. The molecule has 2 heteroatoms. The minimum atomic E-state index is -0.378. The van der Waals surface area contributed by atoms with Crippen molar-refractivity contribution in [3.8, 4) is 29.0 Å². The first-order chi connectivity index (χ1) is 12.7. The molecule has 1 nitrogen and oxygen atoms in total. The summed E-state index contributed by atoms with van der Waals surface area (Å²) in [7, 11) is 0. The molecular formula is C24H22FN. The van der Waals surface area contributed by atoms with E-state index in [1.807, 2.05) is 30.3 Å². The lowest BCUT2D eigenvalue weighted by atomic mass is 9.87. The maximum absolute atomic E-state index is 14.1. The summed E-state index contributed by atoms with van der Waals surface area (Å²) in [5.41, 5.74) is 3.78. The molecule has 3 rings (SSSR count). The van der Waals surface area contributed by atoms with Gasteiger partial charge in [0.25, 0.3) is 0 Å². The fraction of sp³-hybridized carbons (Fsp3) is 0.292. The molecule has 0 saturated carbocycles. The number of allylic oxidation sites excluding steroid dienone is 2. The molecule has 2 aromatic rings. The highest BCUT2D eigenvalue weighted by atomic mass is 19.1. The Labute approximate surface area is 155 Å². The number of hydrogen-bond donors (Lipinski definition) is 0. The van der Waals surface area contributed by atoms with Crippen molar-refractivity contribution in [2.45, 2.75) is 39.0 Å². The second-order valence-corrected chi connectivity index (χ2v) is 6.79. The van der Waals surface area contributed by atoms with E-state index in [2.05, 4.69) is 24.8 Å². The first-order valence-electron chi connectivity index (χ1n) is 9.20. The molecule has 1 aliphatic rings. The Morgan fingerprint density at radius 1 is 1.08 bits per heavy atom. The van der Waals surface area contributed by atoms with Gasteiger partial charge >= 0.3 is 0 Å². The van der Waals surface area contributed by atoms with Gasteiger partial charge in [-0.1, -0.05) is 55.9 Å². The Hall–Kier alpha value is -2.84. The van der Waals surface area contributed by atoms with Crippen LogP contribution >= 0.6 is 0 Å². The molecule has 0 aromatic heterocycles. The fourth-order valence-electron chi connectivity index (χ4n) is 3.38. The van der Waals surface area contributed by atoms with Crippen molar-refractivity contribution in [3.63, 3.8) is 0 Å². The lowest BCUT2D eigenvalue weighted by Crippen LogP contribution is -2.04. The highest BCUT2D eigenvalue weighted by Gasteiger charge is 2.12. The molecule has 26 heavy (non-hydrogen) atoms. The summed E-state index contributed by atoms with van der Waals surface area (Å²) < 4.78 is 14.1. The van der Waals surface area contributed by atoms with E-state index in [0.29, 0.717) is 11.1 Å². The van der Waals surface area contributed by atoms with Gasteiger partial charge in [0.15, 0.2) is 0 Å². The monoisotopic (exact) mass is 343 g/mol. The number of benzene rings is 2. The summed E-state index contributed by atoms with van der Waals surface area (Å²) in [5.74, 6) is 6.95. The molecule has 0 N–H and O–H groups in total. The maximum Gasteiger partial charge on any atom is 0.132 e. The van der Waals surface area contributed by atoms with Crippen LogP contribution < -0.4 is 0 Å². The van der Waals surface area contributed by atoms with Gasteiger partial charge in [0.2, 0.25) is 0 Å². The second-order valence-electron chi connectivity index (χ2n) is 6.79. The predicted molar refractivity (Wildman–Crippen MR) is 104 cm³/mol. The van der Waals surface area contributed by atoms with E-state index < -0.39 is 0 Å². The zero-order chi connectivity index (χ0) is 18.4. The van der Waals surface area contributed by atoms with Gasteiger partial charge in [-0.15, -0.1) is 0 Å². The van der Waals surface area contributed by atoms with Crippen molar-refractivity contribution in [1.29, 1.82) is 5.26 Å². The first-order valence-corrected chi connectivity index (χ1v) is 9.20. The Morgan fingerprint density at radius 2 is 1.85 bits per heavy atom. The molecule has 0 radical (unpaired) electrons. The van der Waals surface area contributed by atoms with Crippen molar-refractivity contribution >= 4 is 0 Å². The van der Waals surface area contributed by atoms with Crippen molar-refractivity contribution in [2.24, 2.45) is 5.92 Å². The van der Waals surface area contributed by atoms with Gasteiger partial charge in [-0.25, -0.2) is 4.39 Å². The molecule has 0 bridgehead atoms. The minimum Gasteiger partial charge on any atom is -0.206 e. The van der Waals surface area contributed by atoms with Crippen molar-refractivity contribution in [1.82, 2.24) is 0 Å². The van der Waals surface area contributed by atoms with Gasteiger partial charge in [0.1, 0.15) is 5.82 Å². The van der Waals surface area contributed by atoms with E-state index in [9.17, 15) is 4.39 Å². The number of hydrogen-bond acceptors (Lipinski definition) is 1. The minimum absolute atomic E-state index is 0.329. The third kappa shape index (κ3) is 4.41. The van der Waals surface area contributed by atoms with E-state index in [4.69, 9.17) is 5.26 Å². The summed E-state index contributed by atoms with van der Waals surface area (Å²) in [4.78, 5) is 0. The third-order valence-corrected chi connectivity index (χ3v) is 4.88. The van der Waals surface area contributed by atoms with Gasteiger partial charge < -0.3 is 0 Å². The van der Waals surface area contributed by atoms with Crippen molar-refractivity contribution in [2.75, 3.05) is 0 Å². The van der Waals surface area contributed by atoms with Crippen LogP contribution in [0.15, 0.2) is 54.1 Å². The van der Waals surface area contributed by atoms with E-state index in [1.165, 1.54) is 30.9 Å². The quantitative estimate of drug-likeness (QED) is 0.605. The summed E-state index contributed by atoms with van der Waals surface area (Å²) in [6.45, 7) is 2.24. The average Bonchev–Trinajstić information content (AvgIpc) is 2.68. The summed E-state index contributed by atoms with van der Waals surface area (Å²) in [6, 6.07) is 14.1. The van der Waals surface area contributed by atoms with Crippen LogP contribution in [0.25, 0.3) is 11.1 Å². The molecule has 0 fully saturated rings. The van der Waals surface area contributed by atoms with Crippen LogP contribution in [0.3, 0.4) is 0 Å². The molecular weight excluding hydrogens is 321 g/mol. The SMILES string of the molecule is CCCC1CC=C(C#Cc2ccc(-c3ccc(C#N)cc3F)cc2)CC1. The molecule has 1 atom stereocenters. The van der Waals surface area contributed by atoms with Crippen LogP contribution in [0, 0.1) is 34.9 Å². The molecule has 130 valence electrons. The second kappa shape index (κ2) is 8.50. The Kier molecular flexibility index (Phi) is 5.88. The molecule has 2 aromatic carbocycles. The van der Waals surface area contributed by atoms with E-state index in [1.54, 1.807) is 12.1 Å². The highest BCUT2D eigenvalue weighted by molar-refractivity contribution is 5.66. The normalized spacial score (nSPS) is 16.2. The van der Waals surface area contributed by atoms with Gasteiger partial charge in [-0.3, -0.25) is 0 Å². The van der Waals surface area contributed by atoms with Crippen molar-refractivity contribution in [3.05, 3.63) is 71.1 Å². The summed E-state index contributed by atoms with van der Waals surface area (Å²) >= 11 is 0. The van der Waals surface area contributed by atoms with Crippen LogP contribution in [0.5, 0.6) is 0 Å². The number of nitriles is 1. The molecule has 1 unspecified atom stereocenters. The zero-order valence-electron chi connectivity index (χ0n) is 15.1. The molecule has 0 heterocycles. The van der Waals surface area contributed by atoms with Gasteiger partial charge in [0, 0.05) is 11.1 Å². The summed E-state index contributed by atoms with van der Waals surface area (Å²) in [6.07, 6.45) is 8.32. The Bertz CT molecular complexity index is 904. The number of nitrogens with zero attached hydrogens (tertiary/aromatic N) is 1. The Balaban J connectivity index is 1.71. The topological polar surface area (TPSA) is 23.8 Å². The van der Waals surface area contributed by atoms with Gasteiger partial charge in [-0.05, 0) is 60.6 Å². The lowest BCUT2D eigenvalue weighted by molar-refractivity contribution is 0.436. The highest BCUT2D eigenvalue weighted by Crippen LogP contribution is 2.27. The van der Waals surface area contributed by atoms with Crippen molar-refractivity contribution < 1.29 is 4.39 Å². The lowest BCUT2D eigenvalue weighted by Gasteiger charge is -2.18. The largest absolute Gasteiger partial charge is 0.206 e. The van der Waals surface area contributed by atoms with E-state index in [-0.39, 0.29) is 5.82 Å². The van der Waals surface area contributed by atoms with Crippen LogP contribution in [0.1, 0.15) is 50.2 Å². The fourth-order valence-corrected chi connectivity index (χ4v) is 3.38. The zero-order valence-corrected chi connectivity index (χ0v) is 15.1. The molecule has 0 spiro atoms.